The molecule has 2 atom stereocenters. The molecule has 2 rings (SSSR count). The summed E-state index contributed by atoms with van der Waals surface area (Å²) < 4.78 is 0. The quantitative estimate of drug-likeness (QED) is 0.867. The monoisotopic (exact) mass is 250 g/mol. The van der Waals surface area contributed by atoms with Gasteiger partial charge in [-0.25, -0.2) is 0 Å². The molecule has 90 valence electrons. The van der Waals surface area contributed by atoms with Gasteiger partial charge in [0.15, 0.2) is 0 Å². The minimum atomic E-state index is -0.184. The van der Waals surface area contributed by atoms with Crippen molar-refractivity contribution >= 4 is 17.3 Å². The van der Waals surface area contributed by atoms with Gasteiger partial charge in [-0.05, 0) is 31.0 Å². The fourth-order valence-electron chi connectivity index (χ4n) is 2.22. The summed E-state index contributed by atoms with van der Waals surface area (Å²) in [6.07, 6.45) is 2.89. The average molecular weight is 251 g/mol. The van der Waals surface area contributed by atoms with Crippen LogP contribution in [0, 0.1) is 17.2 Å². The Balaban J connectivity index is 1.95. The molecular formula is C13H15ClN2O. The van der Waals surface area contributed by atoms with E-state index in [2.05, 4.69) is 5.32 Å². The first-order chi connectivity index (χ1) is 8.20. The highest BCUT2D eigenvalue weighted by molar-refractivity contribution is 6.32. The van der Waals surface area contributed by atoms with Gasteiger partial charge in [0, 0.05) is 18.2 Å². The first-order valence-electron chi connectivity index (χ1n) is 5.82. The van der Waals surface area contributed by atoms with E-state index in [1.165, 1.54) is 0 Å². The van der Waals surface area contributed by atoms with Crippen LogP contribution in [-0.2, 0) is 0 Å². The van der Waals surface area contributed by atoms with Crippen molar-refractivity contribution in [1.82, 2.24) is 0 Å². The van der Waals surface area contributed by atoms with Crippen LogP contribution >= 0.6 is 11.6 Å². The van der Waals surface area contributed by atoms with Crippen molar-refractivity contribution in [2.24, 2.45) is 5.92 Å². The van der Waals surface area contributed by atoms with Crippen molar-refractivity contribution in [3.63, 3.8) is 0 Å². The largest absolute Gasteiger partial charge is 0.393 e. The van der Waals surface area contributed by atoms with Gasteiger partial charge in [-0.1, -0.05) is 18.0 Å². The Bertz CT molecular complexity index is 442. The highest BCUT2D eigenvalue weighted by atomic mass is 35.5. The molecule has 0 unspecified atom stereocenters. The summed E-state index contributed by atoms with van der Waals surface area (Å²) in [4.78, 5) is 0. The number of hydrogen-bond acceptors (Lipinski definition) is 3. The topological polar surface area (TPSA) is 56.0 Å². The van der Waals surface area contributed by atoms with E-state index in [1.807, 2.05) is 12.1 Å². The van der Waals surface area contributed by atoms with Crippen LogP contribution in [0.4, 0.5) is 5.69 Å². The Morgan fingerprint density at radius 2 is 2.29 bits per heavy atom. The van der Waals surface area contributed by atoms with Crippen LogP contribution in [0.25, 0.3) is 0 Å². The van der Waals surface area contributed by atoms with Crippen molar-refractivity contribution < 1.29 is 5.11 Å². The third kappa shape index (κ3) is 2.91. The number of benzene rings is 1. The zero-order chi connectivity index (χ0) is 12.3. The molecule has 1 aromatic carbocycles. The molecule has 0 aromatic heterocycles. The van der Waals surface area contributed by atoms with Crippen LogP contribution in [-0.4, -0.2) is 17.8 Å². The molecule has 1 aromatic rings. The van der Waals surface area contributed by atoms with Gasteiger partial charge in [0.05, 0.1) is 16.7 Å². The summed E-state index contributed by atoms with van der Waals surface area (Å²) >= 11 is 5.94. The molecule has 3 nitrogen and oxygen atoms in total. The zero-order valence-corrected chi connectivity index (χ0v) is 10.2. The number of rotatable bonds is 3. The van der Waals surface area contributed by atoms with E-state index in [-0.39, 0.29) is 6.10 Å². The number of nitriles is 1. The molecule has 2 N–H and O–H groups in total. The Morgan fingerprint density at radius 3 is 2.88 bits per heavy atom. The van der Waals surface area contributed by atoms with Gasteiger partial charge in [-0.2, -0.15) is 5.26 Å². The van der Waals surface area contributed by atoms with E-state index >= 15 is 0 Å². The molecular weight excluding hydrogens is 236 g/mol. The first kappa shape index (κ1) is 12.2. The molecule has 0 spiro atoms. The van der Waals surface area contributed by atoms with Crippen LogP contribution in [0.3, 0.4) is 0 Å². The summed E-state index contributed by atoms with van der Waals surface area (Å²) in [5.41, 5.74) is 1.38. The molecule has 1 aliphatic carbocycles. The molecule has 0 radical (unpaired) electrons. The number of aliphatic hydroxyl groups is 1. The van der Waals surface area contributed by atoms with Crippen LogP contribution in [0.2, 0.25) is 5.02 Å². The van der Waals surface area contributed by atoms with Crippen molar-refractivity contribution in [3.8, 4) is 6.07 Å². The van der Waals surface area contributed by atoms with Gasteiger partial charge in [0.2, 0.25) is 0 Å². The van der Waals surface area contributed by atoms with E-state index in [4.69, 9.17) is 16.9 Å². The number of hydrogen-bond donors (Lipinski definition) is 2. The minimum Gasteiger partial charge on any atom is -0.393 e. The molecule has 1 fully saturated rings. The fourth-order valence-corrected chi connectivity index (χ4v) is 2.44. The predicted molar refractivity (Wildman–Crippen MR) is 68.0 cm³/mol. The summed E-state index contributed by atoms with van der Waals surface area (Å²) in [5.74, 6) is 0.324. The SMILES string of the molecule is N#Cc1ccc(NC[C@H]2CCC[C@@H]2O)cc1Cl. The Labute approximate surface area is 106 Å². The van der Waals surface area contributed by atoms with E-state index in [9.17, 15) is 5.11 Å². The van der Waals surface area contributed by atoms with E-state index in [0.29, 0.717) is 16.5 Å². The normalized spacial score (nSPS) is 23.4. The highest BCUT2D eigenvalue weighted by Crippen LogP contribution is 2.26. The lowest BCUT2D eigenvalue weighted by atomic mass is 10.1. The van der Waals surface area contributed by atoms with E-state index in [1.54, 1.807) is 12.1 Å². The van der Waals surface area contributed by atoms with Gasteiger partial charge in [0.25, 0.3) is 0 Å². The third-order valence-electron chi connectivity index (χ3n) is 3.28. The van der Waals surface area contributed by atoms with E-state index in [0.717, 1.165) is 31.5 Å². The van der Waals surface area contributed by atoms with Crippen LogP contribution in [0.5, 0.6) is 0 Å². The maximum Gasteiger partial charge on any atom is 0.101 e. The summed E-state index contributed by atoms with van der Waals surface area (Å²) in [7, 11) is 0. The standard InChI is InChI=1S/C13H15ClN2O/c14-12-6-11(5-4-9(12)7-15)16-8-10-2-1-3-13(10)17/h4-6,10,13,16-17H,1-3,8H2/t10-,13+/m1/s1. The molecule has 0 aliphatic heterocycles. The summed E-state index contributed by atoms with van der Waals surface area (Å²) in [5, 5.41) is 22.2. The minimum absolute atomic E-state index is 0.184. The van der Waals surface area contributed by atoms with Crippen molar-refractivity contribution in [3.05, 3.63) is 28.8 Å². The Kier molecular flexibility index (Phi) is 3.88. The third-order valence-corrected chi connectivity index (χ3v) is 3.59. The second-order valence-corrected chi connectivity index (χ2v) is 4.85. The summed E-state index contributed by atoms with van der Waals surface area (Å²) in [6.45, 7) is 0.753. The highest BCUT2D eigenvalue weighted by Gasteiger charge is 2.24. The molecule has 1 saturated carbocycles. The van der Waals surface area contributed by atoms with Gasteiger partial charge in [0.1, 0.15) is 6.07 Å². The zero-order valence-electron chi connectivity index (χ0n) is 9.49. The molecule has 0 amide bonds. The maximum absolute atomic E-state index is 9.69. The number of nitrogens with zero attached hydrogens (tertiary/aromatic N) is 1. The number of aliphatic hydroxyl groups excluding tert-OH is 1. The number of anilines is 1. The molecule has 1 aliphatic rings. The van der Waals surface area contributed by atoms with Crippen LogP contribution in [0.15, 0.2) is 18.2 Å². The lowest BCUT2D eigenvalue weighted by Crippen LogP contribution is -2.21. The molecule has 0 heterocycles. The average Bonchev–Trinajstić information content (AvgIpc) is 2.72. The number of nitrogens with one attached hydrogen (secondary N) is 1. The Hall–Kier alpha value is -1.24. The van der Waals surface area contributed by atoms with Crippen molar-refractivity contribution in [2.75, 3.05) is 11.9 Å². The second kappa shape index (κ2) is 5.39. The molecule has 0 saturated heterocycles. The number of halogens is 1. The van der Waals surface area contributed by atoms with Gasteiger partial charge in [-0.3, -0.25) is 0 Å². The van der Waals surface area contributed by atoms with Gasteiger partial charge >= 0.3 is 0 Å². The summed E-state index contributed by atoms with van der Waals surface area (Å²) in [6, 6.07) is 7.32. The second-order valence-electron chi connectivity index (χ2n) is 4.45. The molecule has 0 bridgehead atoms. The lowest BCUT2D eigenvalue weighted by molar-refractivity contribution is 0.138. The Morgan fingerprint density at radius 1 is 1.47 bits per heavy atom. The van der Waals surface area contributed by atoms with Crippen molar-refractivity contribution in [1.29, 1.82) is 5.26 Å². The smallest absolute Gasteiger partial charge is 0.101 e. The van der Waals surface area contributed by atoms with Crippen LogP contribution < -0.4 is 5.32 Å². The maximum atomic E-state index is 9.69. The fraction of sp³-hybridized carbons (Fsp3) is 0.462. The van der Waals surface area contributed by atoms with Gasteiger partial charge in [-0.15, -0.1) is 0 Å². The molecule has 4 heteroatoms. The first-order valence-corrected chi connectivity index (χ1v) is 6.20. The molecule has 17 heavy (non-hydrogen) atoms. The van der Waals surface area contributed by atoms with Gasteiger partial charge < -0.3 is 10.4 Å². The predicted octanol–water partition coefficient (Wildman–Crippen LogP) is 2.78. The van der Waals surface area contributed by atoms with Crippen LogP contribution in [0.1, 0.15) is 24.8 Å². The van der Waals surface area contributed by atoms with E-state index < -0.39 is 0 Å². The van der Waals surface area contributed by atoms with Crippen molar-refractivity contribution in [2.45, 2.75) is 25.4 Å². The lowest BCUT2D eigenvalue weighted by Gasteiger charge is -2.16.